The normalized spacial score (nSPS) is 10.5. The number of likely N-dealkylation sites (N-methyl/N-ethyl adjacent to an activating group) is 1. The number of para-hydroxylation sites is 1. The Morgan fingerprint density at radius 1 is 1.17 bits per heavy atom. The van der Waals surface area contributed by atoms with Crippen molar-refractivity contribution in [3.63, 3.8) is 0 Å². The first kappa shape index (κ1) is 22.1. The number of nitrogens with zero attached hydrogens (tertiary/aromatic N) is 2. The van der Waals surface area contributed by atoms with Crippen molar-refractivity contribution >= 4 is 52.0 Å². The van der Waals surface area contributed by atoms with Crippen LogP contribution in [0.5, 0.6) is 5.75 Å². The highest BCUT2D eigenvalue weighted by Crippen LogP contribution is 2.29. The van der Waals surface area contributed by atoms with Gasteiger partial charge in [0.25, 0.3) is 5.91 Å². The lowest BCUT2D eigenvalue weighted by atomic mass is 10.2. The van der Waals surface area contributed by atoms with Gasteiger partial charge in [0.15, 0.2) is 0 Å². The third-order valence-electron chi connectivity index (χ3n) is 4.18. The second-order valence-electron chi connectivity index (χ2n) is 6.26. The zero-order chi connectivity index (χ0) is 21.5. The number of carbonyl (C=O) groups is 2. The van der Waals surface area contributed by atoms with Crippen LogP contribution in [-0.2, 0) is 11.4 Å². The van der Waals surface area contributed by atoms with Crippen LogP contribution in [0.2, 0.25) is 10.0 Å². The Labute approximate surface area is 188 Å². The van der Waals surface area contributed by atoms with Gasteiger partial charge in [-0.05, 0) is 37.3 Å². The number of hydrogen-bond acceptors (Lipinski definition) is 5. The number of hydrogen-bond donors (Lipinski definition) is 1. The molecule has 3 aromatic rings. The molecule has 9 heteroatoms. The monoisotopic (exact) mass is 463 g/mol. The average molecular weight is 464 g/mol. The zero-order valence-corrected chi connectivity index (χ0v) is 18.4. The molecule has 0 bridgehead atoms. The molecule has 1 N–H and O–H groups in total. The number of ether oxygens (including phenoxy) is 1. The highest BCUT2D eigenvalue weighted by molar-refractivity contribution is 7.07. The molecule has 0 fully saturated rings. The molecular formula is C21H19Cl2N3O3S. The number of amides is 2. The van der Waals surface area contributed by atoms with Crippen LogP contribution in [0.3, 0.4) is 0 Å². The highest BCUT2D eigenvalue weighted by Gasteiger charge is 2.19. The van der Waals surface area contributed by atoms with Crippen molar-refractivity contribution in [2.45, 2.75) is 13.5 Å². The predicted molar refractivity (Wildman–Crippen MR) is 120 cm³/mol. The fourth-order valence-corrected chi connectivity index (χ4v) is 3.70. The third kappa shape index (κ3) is 5.72. The van der Waals surface area contributed by atoms with Crippen LogP contribution < -0.4 is 10.1 Å². The lowest BCUT2D eigenvalue weighted by Gasteiger charge is -2.21. The van der Waals surface area contributed by atoms with Gasteiger partial charge in [0.1, 0.15) is 18.9 Å². The maximum absolute atomic E-state index is 12.9. The first-order chi connectivity index (χ1) is 14.5. The molecule has 2 amide bonds. The Morgan fingerprint density at radius 2 is 1.90 bits per heavy atom. The van der Waals surface area contributed by atoms with Gasteiger partial charge < -0.3 is 15.0 Å². The lowest BCUT2D eigenvalue weighted by Crippen LogP contribution is -2.38. The van der Waals surface area contributed by atoms with E-state index in [-0.39, 0.29) is 12.5 Å². The van der Waals surface area contributed by atoms with Gasteiger partial charge in [-0.3, -0.25) is 9.59 Å². The van der Waals surface area contributed by atoms with Gasteiger partial charge in [-0.25, -0.2) is 4.98 Å². The van der Waals surface area contributed by atoms with Crippen LogP contribution in [0.4, 0.5) is 5.69 Å². The molecule has 0 atom stereocenters. The average Bonchev–Trinajstić information content (AvgIpc) is 3.27. The van der Waals surface area contributed by atoms with E-state index in [0.717, 1.165) is 5.69 Å². The minimum absolute atomic E-state index is 0.138. The minimum Gasteiger partial charge on any atom is -0.487 e. The van der Waals surface area contributed by atoms with Gasteiger partial charge in [-0.1, -0.05) is 35.3 Å². The van der Waals surface area contributed by atoms with Crippen molar-refractivity contribution in [2.24, 2.45) is 0 Å². The SMILES string of the molecule is CCN(CC(=O)Nc1c(Cl)cccc1Cl)C(=O)c1cccc(OCc2cscn2)c1. The van der Waals surface area contributed by atoms with Crippen molar-refractivity contribution in [2.75, 3.05) is 18.4 Å². The molecule has 0 radical (unpaired) electrons. The van der Waals surface area contributed by atoms with E-state index in [9.17, 15) is 9.59 Å². The summed E-state index contributed by atoms with van der Waals surface area (Å²) in [5.41, 5.74) is 3.31. The van der Waals surface area contributed by atoms with Crippen molar-refractivity contribution in [1.29, 1.82) is 0 Å². The first-order valence-corrected chi connectivity index (χ1v) is 10.8. The van der Waals surface area contributed by atoms with Crippen LogP contribution in [-0.4, -0.2) is 34.8 Å². The summed E-state index contributed by atoms with van der Waals surface area (Å²) in [6.45, 7) is 2.34. The molecule has 156 valence electrons. The number of nitrogens with one attached hydrogen (secondary N) is 1. The first-order valence-electron chi connectivity index (χ1n) is 9.11. The molecule has 3 rings (SSSR count). The lowest BCUT2D eigenvalue weighted by molar-refractivity contribution is -0.116. The summed E-state index contributed by atoms with van der Waals surface area (Å²) in [6.07, 6.45) is 0. The quantitative estimate of drug-likeness (QED) is 0.502. The van der Waals surface area contributed by atoms with E-state index < -0.39 is 5.91 Å². The van der Waals surface area contributed by atoms with Gasteiger partial charge in [-0.2, -0.15) is 0 Å². The fraction of sp³-hybridized carbons (Fsp3) is 0.190. The Bertz CT molecular complexity index is 1010. The smallest absolute Gasteiger partial charge is 0.254 e. The Balaban J connectivity index is 1.65. The number of anilines is 1. The maximum Gasteiger partial charge on any atom is 0.254 e. The van der Waals surface area contributed by atoms with Crippen molar-refractivity contribution in [3.8, 4) is 5.75 Å². The van der Waals surface area contributed by atoms with E-state index in [1.807, 2.05) is 5.38 Å². The van der Waals surface area contributed by atoms with E-state index in [1.165, 1.54) is 16.2 Å². The standard InChI is InChI=1S/C21H19Cl2N3O3S/c1-2-26(10-19(27)25-20-17(22)7-4-8-18(20)23)21(28)14-5-3-6-16(9-14)29-11-15-12-30-13-24-15/h3-9,12-13H,2,10-11H2,1H3,(H,25,27). The Hall–Kier alpha value is -2.61. The van der Waals surface area contributed by atoms with Gasteiger partial charge in [0, 0.05) is 17.5 Å². The van der Waals surface area contributed by atoms with Gasteiger partial charge in [-0.15, -0.1) is 11.3 Å². The summed E-state index contributed by atoms with van der Waals surface area (Å²) >= 11 is 13.7. The van der Waals surface area contributed by atoms with Crippen LogP contribution in [0.15, 0.2) is 53.4 Å². The Morgan fingerprint density at radius 3 is 2.57 bits per heavy atom. The van der Waals surface area contributed by atoms with Crippen LogP contribution >= 0.6 is 34.5 Å². The van der Waals surface area contributed by atoms with Gasteiger partial charge in [0.05, 0.1) is 26.9 Å². The topological polar surface area (TPSA) is 71.5 Å². The number of thiazole rings is 1. The molecule has 0 spiro atoms. The van der Waals surface area contributed by atoms with Gasteiger partial charge >= 0.3 is 0 Å². The van der Waals surface area contributed by atoms with Crippen LogP contribution in [0.1, 0.15) is 23.0 Å². The number of aromatic nitrogens is 1. The molecule has 0 aliphatic heterocycles. The summed E-state index contributed by atoms with van der Waals surface area (Å²) in [5.74, 6) is -0.120. The Kier molecular flexibility index (Phi) is 7.68. The summed E-state index contributed by atoms with van der Waals surface area (Å²) in [7, 11) is 0. The number of carbonyl (C=O) groups excluding carboxylic acids is 2. The van der Waals surface area contributed by atoms with Gasteiger partial charge in [0.2, 0.25) is 5.91 Å². The molecule has 1 heterocycles. The number of rotatable bonds is 8. The molecule has 0 saturated carbocycles. The molecular weight excluding hydrogens is 445 g/mol. The van der Waals surface area contributed by atoms with E-state index in [0.29, 0.717) is 40.2 Å². The third-order valence-corrected chi connectivity index (χ3v) is 5.45. The number of halogens is 2. The predicted octanol–water partition coefficient (Wildman–Crippen LogP) is 5.13. The molecule has 1 aromatic heterocycles. The maximum atomic E-state index is 12.9. The second kappa shape index (κ2) is 10.4. The molecule has 0 aliphatic rings. The van der Waals surface area contributed by atoms with E-state index in [2.05, 4.69) is 10.3 Å². The fourth-order valence-electron chi connectivity index (χ4n) is 2.66. The van der Waals surface area contributed by atoms with Crippen molar-refractivity contribution in [3.05, 3.63) is 74.7 Å². The van der Waals surface area contributed by atoms with E-state index >= 15 is 0 Å². The molecule has 2 aromatic carbocycles. The largest absolute Gasteiger partial charge is 0.487 e. The van der Waals surface area contributed by atoms with Crippen LogP contribution in [0.25, 0.3) is 0 Å². The molecule has 0 aliphatic carbocycles. The summed E-state index contributed by atoms with van der Waals surface area (Å²) in [4.78, 5) is 31.0. The molecule has 30 heavy (non-hydrogen) atoms. The van der Waals surface area contributed by atoms with Crippen molar-refractivity contribution < 1.29 is 14.3 Å². The number of benzene rings is 2. The minimum atomic E-state index is -0.392. The summed E-state index contributed by atoms with van der Waals surface area (Å²) in [6, 6.07) is 11.8. The van der Waals surface area contributed by atoms with E-state index in [4.69, 9.17) is 27.9 Å². The second-order valence-corrected chi connectivity index (χ2v) is 7.79. The van der Waals surface area contributed by atoms with Crippen LogP contribution in [0, 0.1) is 0 Å². The summed E-state index contributed by atoms with van der Waals surface area (Å²) in [5, 5.41) is 5.23. The highest BCUT2D eigenvalue weighted by atomic mass is 35.5. The molecule has 0 unspecified atom stereocenters. The van der Waals surface area contributed by atoms with Crippen molar-refractivity contribution in [1.82, 2.24) is 9.88 Å². The van der Waals surface area contributed by atoms with E-state index in [1.54, 1.807) is 54.9 Å². The molecule has 6 nitrogen and oxygen atoms in total. The zero-order valence-electron chi connectivity index (χ0n) is 16.1. The summed E-state index contributed by atoms with van der Waals surface area (Å²) < 4.78 is 5.71. The molecule has 0 saturated heterocycles.